The van der Waals surface area contributed by atoms with Gasteiger partial charge >= 0.3 is 0 Å². The molecule has 2 heterocycles. The molecule has 5 heteroatoms. The van der Waals surface area contributed by atoms with Crippen LogP contribution in [-0.2, 0) is 6.54 Å². The first-order chi connectivity index (χ1) is 11.3. The van der Waals surface area contributed by atoms with Crippen LogP contribution in [0.3, 0.4) is 0 Å². The standard InChI is InChI=1S/C18H24N4S/c1-15-10-11-21(17-8-9-18(23-2)20-19-17)12-13-22(15)14-16-6-4-3-5-7-16/h3-9,15H,10-14H2,1-2H3. The maximum Gasteiger partial charge on any atom is 0.151 e. The first kappa shape index (κ1) is 16.3. The average Bonchev–Trinajstić information content (AvgIpc) is 2.78. The summed E-state index contributed by atoms with van der Waals surface area (Å²) >= 11 is 1.63. The summed E-state index contributed by atoms with van der Waals surface area (Å²) in [6.07, 6.45) is 3.18. The van der Waals surface area contributed by atoms with Gasteiger partial charge in [0.15, 0.2) is 5.82 Å². The number of nitrogens with zero attached hydrogens (tertiary/aromatic N) is 4. The molecule has 0 spiro atoms. The largest absolute Gasteiger partial charge is 0.354 e. The Bertz CT molecular complexity index is 602. The molecule has 0 aliphatic carbocycles. The lowest BCUT2D eigenvalue weighted by Crippen LogP contribution is -2.34. The molecule has 122 valence electrons. The van der Waals surface area contributed by atoms with Crippen molar-refractivity contribution in [2.75, 3.05) is 30.8 Å². The van der Waals surface area contributed by atoms with E-state index >= 15 is 0 Å². The van der Waals surface area contributed by atoms with Crippen LogP contribution < -0.4 is 4.90 Å². The Morgan fingerprint density at radius 3 is 2.57 bits per heavy atom. The number of rotatable bonds is 4. The molecule has 23 heavy (non-hydrogen) atoms. The molecule has 4 nitrogen and oxygen atoms in total. The van der Waals surface area contributed by atoms with Crippen molar-refractivity contribution >= 4 is 17.6 Å². The van der Waals surface area contributed by atoms with Gasteiger partial charge in [-0.25, -0.2) is 0 Å². The van der Waals surface area contributed by atoms with E-state index in [-0.39, 0.29) is 0 Å². The van der Waals surface area contributed by atoms with E-state index in [1.165, 1.54) is 5.56 Å². The second-order valence-electron chi connectivity index (χ2n) is 6.01. The number of hydrogen-bond acceptors (Lipinski definition) is 5. The predicted molar refractivity (Wildman–Crippen MR) is 97.0 cm³/mol. The molecule has 1 saturated heterocycles. The highest BCUT2D eigenvalue weighted by Crippen LogP contribution is 2.19. The van der Waals surface area contributed by atoms with Gasteiger partial charge in [-0.3, -0.25) is 4.90 Å². The summed E-state index contributed by atoms with van der Waals surface area (Å²) in [5.41, 5.74) is 1.39. The number of anilines is 1. The summed E-state index contributed by atoms with van der Waals surface area (Å²) in [6.45, 7) is 6.45. The van der Waals surface area contributed by atoms with Crippen molar-refractivity contribution in [2.24, 2.45) is 0 Å². The van der Waals surface area contributed by atoms with Crippen LogP contribution >= 0.6 is 11.8 Å². The van der Waals surface area contributed by atoms with Gasteiger partial charge in [0.05, 0.1) is 0 Å². The third-order valence-corrected chi connectivity index (χ3v) is 5.12. The Hall–Kier alpha value is -1.59. The molecule has 1 aromatic carbocycles. The van der Waals surface area contributed by atoms with Gasteiger partial charge in [0.2, 0.25) is 0 Å². The third kappa shape index (κ3) is 4.24. The van der Waals surface area contributed by atoms with E-state index in [1.807, 2.05) is 6.26 Å². The van der Waals surface area contributed by atoms with Crippen LogP contribution in [0.15, 0.2) is 47.5 Å². The quantitative estimate of drug-likeness (QED) is 0.804. The smallest absolute Gasteiger partial charge is 0.151 e. The summed E-state index contributed by atoms with van der Waals surface area (Å²) in [7, 11) is 0. The number of benzene rings is 1. The molecule has 1 atom stereocenters. The summed E-state index contributed by atoms with van der Waals surface area (Å²) in [4.78, 5) is 4.93. The van der Waals surface area contributed by atoms with Crippen LogP contribution in [0.2, 0.25) is 0 Å². The highest BCUT2D eigenvalue weighted by Gasteiger charge is 2.21. The minimum Gasteiger partial charge on any atom is -0.354 e. The van der Waals surface area contributed by atoms with Gasteiger partial charge in [0.25, 0.3) is 0 Å². The van der Waals surface area contributed by atoms with E-state index in [0.717, 1.165) is 43.4 Å². The highest BCUT2D eigenvalue weighted by atomic mass is 32.2. The van der Waals surface area contributed by atoms with E-state index in [2.05, 4.69) is 69.4 Å². The second kappa shape index (κ2) is 7.79. The van der Waals surface area contributed by atoms with Crippen LogP contribution in [0.5, 0.6) is 0 Å². The van der Waals surface area contributed by atoms with Crippen LogP contribution in [-0.4, -0.2) is 47.0 Å². The van der Waals surface area contributed by atoms with Crippen molar-refractivity contribution in [3.63, 3.8) is 0 Å². The predicted octanol–water partition coefficient (Wildman–Crippen LogP) is 3.30. The Kier molecular flexibility index (Phi) is 5.51. The molecule has 1 aromatic heterocycles. The highest BCUT2D eigenvalue weighted by molar-refractivity contribution is 7.98. The second-order valence-corrected chi connectivity index (χ2v) is 6.84. The zero-order valence-electron chi connectivity index (χ0n) is 13.9. The molecule has 1 unspecified atom stereocenters. The molecule has 3 rings (SSSR count). The van der Waals surface area contributed by atoms with Gasteiger partial charge in [-0.1, -0.05) is 30.3 Å². The van der Waals surface area contributed by atoms with Crippen molar-refractivity contribution in [1.29, 1.82) is 0 Å². The molecule has 1 aliphatic rings. The van der Waals surface area contributed by atoms with Gasteiger partial charge in [0, 0.05) is 32.2 Å². The molecule has 1 fully saturated rings. The average molecular weight is 328 g/mol. The normalized spacial score (nSPS) is 19.6. The Morgan fingerprint density at radius 1 is 1.04 bits per heavy atom. The van der Waals surface area contributed by atoms with E-state index in [4.69, 9.17) is 0 Å². The maximum atomic E-state index is 4.39. The van der Waals surface area contributed by atoms with Gasteiger partial charge in [-0.05, 0) is 37.3 Å². The van der Waals surface area contributed by atoms with Gasteiger partial charge in [-0.15, -0.1) is 22.0 Å². The van der Waals surface area contributed by atoms with Crippen LogP contribution in [0.25, 0.3) is 0 Å². The number of hydrogen-bond donors (Lipinski definition) is 0. The molecule has 0 radical (unpaired) electrons. The fourth-order valence-corrected chi connectivity index (χ4v) is 3.31. The van der Waals surface area contributed by atoms with E-state index in [9.17, 15) is 0 Å². The lowest BCUT2D eigenvalue weighted by Gasteiger charge is -2.26. The molecule has 2 aromatic rings. The molecule has 1 aliphatic heterocycles. The summed E-state index contributed by atoms with van der Waals surface area (Å²) in [5.74, 6) is 0.997. The number of thioether (sulfide) groups is 1. The van der Waals surface area contributed by atoms with Crippen LogP contribution in [0.4, 0.5) is 5.82 Å². The fraction of sp³-hybridized carbons (Fsp3) is 0.444. The minimum absolute atomic E-state index is 0.582. The molecule has 0 amide bonds. The minimum atomic E-state index is 0.582. The topological polar surface area (TPSA) is 32.3 Å². The fourth-order valence-electron chi connectivity index (χ4n) is 2.98. The van der Waals surface area contributed by atoms with E-state index in [0.29, 0.717) is 6.04 Å². The van der Waals surface area contributed by atoms with Crippen molar-refractivity contribution in [3.05, 3.63) is 48.0 Å². The number of aromatic nitrogens is 2. The summed E-state index contributed by atoms with van der Waals surface area (Å²) in [5, 5.41) is 9.63. The molecule has 0 N–H and O–H groups in total. The van der Waals surface area contributed by atoms with Gasteiger partial charge in [0.1, 0.15) is 5.03 Å². The van der Waals surface area contributed by atoms with Gasteiger partial charge in [-0.2, -0.15) is 0 Å². The zero-order chi connectivity index (χ0) is 16.1. The first-order valence-corrected chi connectivity index (χ1v) is 9.39. The summed E-state index contributed by atoms with van der Waals surface area (Å²) < 4.78 is 0. The van der Waals surface area contributed by atoms with E-state index < -0.39 is 0 Å². The van der Waals surface area contributed by atoms with Crippen LogP contribution in [0.1, 0.15) is 18.9 Å². The van der Waals surface area contributed by atoms with Crippen molar-refractivity contribution in [2.45, 2.75) is 31.0 Å². The lowest BCUT2D eigenvalue weighted by atomic mass is 10.1. The Balaban J connectivity index is 1.65. The third-order valence-electron chi connectivity index (χ3n) is 4.48. The Morgan fingerprint density at radius 2 is 1.87 bits per heavy atom. The maximum absolute atomic E-state index is 4.39. The van der Waals surface area contributed by atoms with Crippen molar-refractivity contribution in [1.82, 2.24) is 15.1 Å². The summed E-state index contributed by atoms with van der Waals surface area (Å²) in [6, 6.07) is 15.5. The molecule has 0 bridgehead atoms. The molecule has 0 saturated carbocycles. The monoisotopic (exact) mass is 328 g/mol. The van der Waals surface area contributed by atoms with Crippen molar-refractivity contribution < 1.29 is 0 Å². The van der Waals surface area contributed by atoms with E-state index in [1.54, 1.807) is 11.8 Å². The van der Waals surface area contributed by atoms with Crippen LogP contribution in [0, 0.1) is 0 Å². The Labute approximate surface area is 142 Å². The zero-order valence-corrected chi connectivity index (χ0v) is 14.7. The molecular formula is C18H24N4S. The first-order valence-electron chi connectivity index (χ1n) is 8.17. The van der Waals surface area contributed by atoms with Gasteiger partial charge < -0.3 is 4.90 Å². The molecular weight excluding hydrogens is 304 g/mol. The lowest BCUT2D eigenvalue weighted by molar-refractivity contribution is 0.212. The SMILES string of the molecule is CSc1ccc(N2CCC(C)N(Cc3ccccc3)CC2)nn1. The van der Waals surface area contributed by atoms with Crippen molar-refractivity contribution in [3.8, 4) is 0 Å².